The van der Waals surface area contributed by atoms with Crippen molar-refractivity contribution in [1.82, 2.24) is 10.2 Å². The van der Waals surface area contributed by atoms with Crippen LogP contribution in [0.4, 0.5) is 0 Å². The molecule has 118 valence electrons. The van der Waals surface area contributed by atoms with Crippen LogP contribution >= 0.6 is 0 Å². The van der Waals surface area contributed by atoms with Gasteiger partial charge in [0.1, 0.15) is 0 Å². The van der Waals surface area contributed by atoms with Crippen molar-refractivity contribution in [1.29, 1.82) is 0 Å². The van der Waals surface area contributed by atoms with Crippen molar-refractivity contribution >= 4 is 5.91 Å². The molecule has 0 bridgehead atoms. The summed E-state index contributed by atoms with van der Waals surface area (Å²) in [7, 11) is 0. The number of amides is 1. The molecule has 0 aliphatic rings. The molecular formula is C17H34N2O. The van der Waals surface area contributed by atoms with Crippen LogP contribution in [0.3, 0.4) is 0 Å². The number of carbonyl (C=O) groups is 1. The second kappa shape index (κ2) is 13.2. The number of hydrogen-bond acceptors (Lipinski definition) is 2. The largest absolute Gasteiger partial charge is 0.340 e. The molecule has 0 aromatic rings. The summed E-state index contributed by atoms with van der Waals surface area (Å²) in [5.41, 5.74) is 0.585. The van der Waals surface area contributed by atoms with E-state index in [4.69, 9.17) is 0 Å². The molecule has 0 atom stereocenters. The molecule has 0 spiro atoms. The van der Waals surface area contributed by atoms with Crippen molar-refractivity contribution in [3.05, 3.63) is 12.2 Å². The Kier molecular flexibility index (Phi) is 12.6. The van der Waals surface area contributed by atoms with Gasteiger partial charge in [0.15, 0.2) is 0 Å². The molecule has 0 saturated heterocycles. The minimum Gasteiger partial charge on any atom is -0.340 e. The average Bonchev–Trinajstić information content (AvgIpc) is 2.43. The lowest BCUT2D eigenvalue weighted by Crippen LogP contribution is -2.39. The Balaban J connectivity index is 3.96. The normalized spacial score (nSPS) is 10.8. The molecule has 20 heavy (non-hydrogen) atoms. The van der Waals surface area contributed by atoms with Crippen LogP contribution in [0.1, 0.15) is 72.1 Å². The predicted octanol–water partition coefficient (Wildman–Crippen LogP) is 4.10. The van der Waals surface area contributed by atoms with E-state index in [0.29, 0.717) is 12.2 Å². The highest BCUT2D eigenvalue weighted by atomic mass is 16.1. The highest BCUT2D eigenvalue weighted by Gasteiger charge is 2.07. The zero-order valence-corrected chi connectivity index (χ0v) is 13.8. The van der Waals surface area contributed by atoms with Gasteiger partial charge in [-0.2, -0.15) is 0 Å². The fourth-order valence-electron chi connectivity index (χ4n) is 2.13. The van der Waals surface area contributed by atoms with Gasteiger partial charge in [-0.1, -0.05) is 59.0 Å². The lowest BCUT2D eigenvalue weighted by molar-refractivity contribution is -0.118. The molecular weight excluding hydrogens is 248 g/mol. The molecule has 0 unspecified atom stereocenters. The molecule has 0 aliphatic carbocycles. The van der Waals surface area contributed by atoms with E-state index in [1.165, 1.54) is 51.4 Å². The van der Waals surface area contributed by atoms with Crippen LogP contribution in [-0.4, -0.2) is 30.6 Å². The van der Waals surface area contributed by atoms with Crippen LogP contribution < -0.4 is 5.32 Å². The van der Waals surface area contributed by atoms with Crippen LogP contribution in [0, 0.1) is 0 Å². The number of carbonyl (C=O) groups excluding carboxylic acids is 1. The Bertz CT molecular complexity index is 252. The highest BCUT2D eigenvalue weighted by molar-refractivity contribution is 5.91. The summed E-state index contributed by atoms with van der Waals surface area (Å²) < 4.78 is 0. The molecule has 0 aromatic heterocycles. The smallest absolute Gasteiger partial charge is 0.247 e. The van der Waals surface area contributed by atoms with Gasteiger partial charge >= 0.3 is 0 Å². The highest BCUT2D eigenvalue weighted by Crippen LogP contribution is 2.04. The molecule has 0 aromatic carbocycles. The number of nitrogens with zero attached hydrogens (tertiary/aromatic N) is 1. The van der Waals surface area contributed by atoms with Gasteiger partial charge in [-0.05, 0) is 32.9 Å². The van der Waals surface area contributed by atoms with Gasteiger partial charge in [-0.25, -0.2) is 0 Å². The van der Waals surface area contributed by atoms with E-state index in [9.17, 15) is 4.79 Å². The Morgan fingerprint density at radius 2 is 1.45 bits per heavy atom. The van der Waals surface area contributed by atoms with E-state index in [2.05, 4.69) is 30.6 Å². The molecule has 0 saturated carbocycles. The Morgan fingerprint density at radius 1 is 0.950 bits per heavy atom. The first-order chi connectivity index (χ1) is 9.61. The van der Waals surface area contributed by atoms with E-state index < -0.39 is 0 Å². The van der Waals surface area contributed by atoms with Crippen LogP contribution in [0.25, 0.3) is 0 Å². The van der Waals surface area contributed by atoms with Gasteiger partial charge in [0, 0.05) is 5.57 Å². The predicted molar refractivity (Wildman–Crippen MR) is 87.7 cm³/mol. The molecule has 0 rings (SSSR count). The number of unbranched alkanes of at least 4 members (excludes halogenated alkanes) is 6. The maximum absolute atomic E-state index is 11.6. The third-order valence-corrected chi connectivity index (χ3v) is 3.51. The van der Waals surface area contributed by atoms with Crippen molar-refractivity contribution in [2.24, 2.45) is 0 Å². The van der Waals surface area contributed by atoms with E-state index >= 15 is 0 Å². The van der Waals surface area contributed by atoms with Crippen molar-refractivity contribution < 1.29 is 4.79 Å². The third kappa shape index (κ3) is 11.0. The van der Waals surface area contributed by atoms with Crippen molar-refractivity contribution in [2.75, 3.05) is 19.8 Å². The van der Waals surface area contributed by atoms with Crippen LogP contribution in [0.5, 0.6) is 0 Å². The van der Waals surface area contributed by atoms with Crippen molar-refractivity contribution in [2.45, 2.75) is 72.1 Å². The van der Waals surface area contributed by atoms with Gasteiger partial charge in [0.05, 0.1) is 6.67 Å². The summed E-state index contributed by atoms with van der Waals surface area (Å²) in [5, 5.41) is 2.95. The zero-order valence-electron chi connectivity index (χ0n) is 13.8. The Labute approximate surface area is 125 Å². The van der Waals surface area contributed by atoms with Gasteiger partial charge in [0.2, 0.25) is 5.91 Å². The first kappa shape index (κ1) is 19.2. The maximum atomic E-state index is 11.6. The van der Waals surface area contributed by atoms with Crippen LogP contribution in [-0.2, 0) is 4.79 Å². The van der Waals surface area contributed by atoms with Crippen molar-refractivity contribution in [3.8, 4) is 0 Å². The molecule has 1 amide bonds. The Morgan fingerprint density at radius 3 is 1.85 bits per heavy atom. The Hall–Kier alpha value is -0.830. The van der Waals surface area contributed by atoms with E-state index in [1.807, 2.05) is 0 Å². The number of hydrogen-bond donors (Lipinski definition) is 1. The van der Waals surface area contributed by atoms with Gasteiger partial charge in [-0.15, -0.1) is 0 Å². The van der Waals surface area contributed by atoms with Crippen molar-refractivity contribution in [3.63, 3.8) is 0 Å². The first-order valence-corrected chi connectivity index (χ1v) is 8.27. The van der Waals surface area contributed by atoms with Crippen LogP contribution in [0.2, 0.25) is 0 Å². The quantitative estimate of drug-likeness (QED) is 0.313. The number of nitrogens with one attached hydrogen (secondary N) is 1. The molecule has 1 N–H and O–H groups in total. The number of rotatable bonds is 13. The third-order valence-electron chi connectivity index (χ3n) is 3.51. The fraction of sp³-hybridized carbons (Fsp3) is 0.824. The molecule has 3 heteroatoms. The monoisotopic (exact) mass is 282 g/mol. The second-order valence-electron chi connectivity index (χ2n) is 5.68. The topological polar surface area (TPSA) is 32.3 Å². The summed E-state index contributed by atoms with van der Waals surface area (Å²) in [6.45, 7) is 12.7. The lowest BCUT2D eigenvalue weighted by atomic mass is 10.2. The fourth-order valence-corrected chi connectivity index (χ4v) is 2.13. The minimum atomic E-state index is -0.0304. The molecule has 0 radical (unpaired) electrons. The van der Waals surface area contributed by atoms with Crippen LogP contribution in [0.15, 0.2) is 12.2 Å². The summed E-state index contributed by atoms with van der Waals surface area (Å²) in [4.78, 5) is 13.9. The molecule has 3 nitrogen and oxygen atoms in total. The summed E-state index contributed by atoms with van der Waals surface area (Å²) in [6.07, 6.45) is 10.2. The van der Waals surface area contributed by atoms with E-state index in [0.717, 1.165) is 13.1 Å². The van der Waals surface area contributed by atoms with Gasteiger partial charge < -0.3 is 5.32 Å². The zero-order chi connectivity index (χ0) is 15.2. The second-order valence-corrected chi connectivity index (χ2v) is 5.68. The minimum absolute atomic E-state index is 0.0304. The summed E-state index contributed by atoms with van der Waals surface area (Å²) in [5.74, 6) is -0.0304. The summed E-state index contributed by atoms with van der Waals surface area (Å²) >= 11 is 0. The SMILES string of the molecule is C=C(C)C(=O)NCN(CCCCCC)CCCCCC. The molecule has 0 heterocycles. The molecule has 0 fully saturated rings. The van der Waals surface area contributed by atoms with Gasteiger partial charge in [0.25, 0.3) is 0 Å². The first-order valence-electron chi connectivity index (χ1n) is 8.27. The standard InChI is InChI=1S/C17H34N2O/c1-5-7-9-11-13-19(14-12-10-8-6-2)15-18-17(20)16(3)4/h3,5-15H2,1-2,4H3,(H,18,20). The molecule has 0 aliphatic heterocycles. The average molecular weight is 282 g/mol. The maximum Gasteiger partial charge on any atom is 0.247 e. The summed E-state index contributed by atoms with van der Waals surface area (Å²) in [6, 6.07) is 0. The van der Waals surface area contributed by atoms with E-state index in [1.54, 1.807) is 6.92 Å². The lowest BCUT2D eigenvalue weighted by Gasteiger charge is -2.22. The van der Waals surface area contributed by atoms with Gasteiger partial charge in [-0.3, -0.25) is 9.69 Å². The van der Waals surface area contributed by atoms with E-state index in [-0.39, 0.29) is 5.91 Å².